The van der Waals surface area contributed by atoms with E-state index >= 15 is 0 Å². The molecular formula is C23H29ClN2O6. The van der Waals surface area contributed by atoms with Gasteiger partial charge in [-0.15, -0.1) is 0 Å². The van der Waals surface area contributed by atoms with Gasteiger partial charge in [-0.3, -0.25) is 4.79 Å². The van der Waals surface area contributed by atoms with Crippen molar-refractivity contribution in [1.29, 1.82) is 0 Å². The number of halogens is 1. The van der Waals surface area contributed by atoms with Gasteiger partial charge < -0.3 is 30.0 Å². The van der Waals surface area contributed by atoms with E-state index in [1.165, 1.54) is 19.2 Å². The van der Waals surface area contributed by atoms with Gasteiger partial charge in [0.1, 0.15) is 5.75 Å². The van der Waals surface area contributed by atoms with Crippen LogP contribution in [0.25, 0.3) is 0 Å². The predicted octanol–water partition coefficient (Wildman–Crippen LogP) is 4.35. The van der Waals surface area contributed by atoms with Crippen LogP contribution in [0.4, 0.5) is 5.69 Å². The van der Waals surface area contributed by atoms with Gasteiger partial charge >= 0.3 is 5.97 Å². The summed E-state index contributed by atoms with van der Waals surface area (Å²) in [4.78, 5) is 23.3. The zero-order chi connectivity index (χ0) is 23.9. The molecule has 2 aromatic rings. The molecule has 1 amide bonds. The van der Waals surface area contributed by atoms with Crippen molar-refractivity contribution in [3.8, 4) is 17.2 Å². The van der Waals surface area contributed by atoms with Crippen molar-refractivity contribution in [1.82, 2.24) is 5.32 Å². The first kappa shape index (κ1) is 25.1. The van der Waals surface area contributed by atoms with E-state index in [-0.39, 0.29) is 30.2 Å². The number of methoxy groups -OCH3 is 1. The molecule has 0 saturated heterocycles. The number of hydrogen-bond acceptors (Lipinski definition) is 6. The van der Waals surface area contributed by atoms with Crippen LogP contribution in [0, 0.1) is 0 Å². The summed E-state index contributed by atoms with van der Waals surface area (Å²) in [6.45, 7) is 8.00. The van der Waals surface area contributed by atoms with Crippen LogP contribution in [0.3, 0.4) is 0 Å². The van der Waals surface area contributed by atoms with Crippen LogP contribution in [-0.2, 0) is 11.3 Å². The number of amides is 1. The first-order chi connectivity index (χ1) is 15.0. The van der Waals surface area contributed by atoms with Gasteiger partial charge in [0.25, 0.3) is 5.91 Å². The number of aromatic carboxylic acids is 1. The number of carbonyl (C=O) groups excluding carboxylic acids is 1. The Bertz CT molecular complexity index is 972. The Hall–Kier alpha value is -3.13. The highest BCUT2D eigenvalue weighted by molar-refractivity contribution is 6.31. The first-order valence-electron chi connectivity index (χ1n) is 10.1. The van der Waals surface area contributed by atoms with E-state index in [9.17, 15) is 14.7 Å². The molecule has 0 atom stereocenters. The van der Waals surface area contributed by atoms with Crippen molar-refractivity contribution in [2.45, 2.75) is 39.8 Å². The molecule has 0 aliphatic rings. The minimum absolute atomic E-state index is 0.131. The van der Waals surface area contributed by atoms with Gasteiger partial charge in [0.2, 0.25) is 0 Å². The van der Waals surface area contributed by atoms with Crippen molar-refractivity contribution < 1.29 is 28.9 Å². The fraction of sp³-hybridized carbons (Fsp3) is 0.391. The Kier molecular flexibility index (Phi) is 8.60. The molecule has 0 radical (unpaired) electrons. The van der Waals surface area contributed by atoms with Crippen LogP contribution in [0.1, 0.15) is 43.6 Å². The van der Waals surface area contributed by atoms with Crippen molar-refractivity contribution in [3.63, 3.8) is 0 Å². The number of benzene rings is 2. The fourth-order valence-corrected chi connectivity index (χ4v) is 3.08. The maximum atomic E-state index is 12.1. The lowest BCUT2D eigenvalue weighted by molar-refractivity contribution is -0.124. The zero-order valence-electron chi connectivity index (χ0n) is 18.9. The molecule has 0 aromatic heterocycles. The Morgan fingerprint density at radius 1 is 1.06 bits per heavy atom. The zero-order valence-corrected chi connectivity index (χ0v) is 19.6. The van der Waals surface area contributed by atoms with E-state index in [2.05, 4.69) is 10.6 Å². The molecule has 2 rings (SSSR count). The van der Waals surface area contributed by atoms with Gasteiger partial charge in [0, 0.05) is 23.2 Å². The minimum atomic E-state index is -1.04. The standard InChI is InChI=1S/C23H29ClN2O6/c1-6-31-19-10-15(12-25-17-9-14(22(28)29)7-8-18(17)30-5)16(24)11-20(19)32-13-21(27)26-23(2,3)4/h7-11,25H,6,12-13H2,1-5H3,(H,26,27)(H,28,29). The summed E-state index contributed by atoms with van der Waals surface area (Å²) in [6.07, 6.45) is 0. The van der Waals surface area contributed by atoms with Gasteiger partial charge in [-0.05, 0) is 57.5 Å². The number of ether oxygens (including phenoxy) is 3. The van der Waals surface area contributed by atoms with Crippen molar-refractivity contribution in [2.24, 2.45) is 0 Å². The average molecular weight is 465 g/mol. The number of nitrogens with one attached hydrogen (secondary N) is 2. The van der Waals surface area contributed by atoms with Crippen LogP contribution >= 0.6 is 11.6 Å². The quantitative estimate of drug-likeness (QED) is 0.480. The van der Waals surface area contributed by atoms with E-state index in [1.54, 1.807) is 18.2 Å². The minimum Gasteiger partial charge on any atom is -0.495 e. The molecule has 2 aromatic carbocycles. The average Bonchev–Trinajstić information content (AvgIpc) is 2.71. The number of carboxylic acids is 1. The predicted molar refractivity (Wildman–Crippen MR) is 123 cm³/mol. The van der Waals surface area contributed by atoms with Gasteiger partial charge in [0.15, 0.2) is 18.1 Å². The van der Waals surface area contributed by atoms with Crippen LogP contribution in [0.15, 0.2) is 30.3 Å². The molecular weight excluding hydrogens is 436 g/mol. The molecule has 9 heteroatoms. The first-order valence-corrected chi connectivity index (χ1v) is 10.5. The van der Waals surface area contributed by atoms with Crippen LogP contribution in [-0.4, -0.2) is 42.8 Å². The second-order valence-corrected chi connectivity index (χ2v) is 8.39. The Labute approximate surface area is 192 Å². The Morgan fingerprint density at radius 2 is 1.75 bits per heavy atom. The number of carboxylic acid groups (broad SMARTS) is 1. The maximum absolute atomic E-state index is 12.1. The smallest absolute Gasteiger partial charge is 0.335 e. The monoisotopic (exact) mass is 464 g/mol. The van der Waals surface area contributed by atoms with E-state index in [4.69, 9.17) is 25.8 Å². The number of rotatable bonds is 10. The molecule has 0 unspecified atom stereocenters. The molecule has 32 heavy (non-hydrogen) atoms. The summed E-state index contributed by atoms with van der Waals surface area (Å²) >= 11 is 6.44. The molecule has 8 nitrogen and oxygen atoms in total. The van der Waals surface area contributed by atoms with E-state index in [0.717, 1.165) is 0 Å². The second kappa shape index (κ2) is 10.9. The lowest BCUT2D eigenvalue weighted by Crippen LogP contribution is -2.43. The number of carbonyl (C=O) groups is 2. The SMILES string of the molecule is CCOc1cc(CNc2cc(C(=O)O)ccc2OC)c(Cl)cc1OCC(=O)NC(C)(C)C. The lowest BCUT2D eigenvalue weighted by Gasteiger charge is -2.21. The van der Waals surface area contributed by atoms with Gasteiger partial charge in [-0.25, -0.2) is 4.79 Å². The van der Waals surface area contributed by atoms with Gasteiger partial charge in [0.05, 0.1) is 25.0 Å². The second-order valence-electron chi connectivity index (χ2n) is 7.98. The summed E-state index contributed by atoms with van der Waals surface area (Å²) < 4.78 is 16.6. The molecule has 3 N–H and O–H groups in total. The highest BCUT2D eigenvalue weighted by Gasteiger charge is 2.17. The highest BCUT2D eigenvalue weighted by atomic mass is 35.5. The Balaban J connectivity index is 2.20. The molecule has 0 spiro atoms. The van der Waals surface area contributed by atoms with Gasteiger partial charge in [-0.1, -0.05) is 11.6 Å². The molecule has 0 aliphatic heterocycles. The largest absolute Gasteiger partial charge is 0.495 e. The third-order valence-corrected chi connectivity index (χ3v) is 4.55. The topological polar surface area (TPSA) is 106 Å². The van der Waals surface area contributed by atoms with E-state index in [1.807, 2.05) is 27.7 Å². The van der Waals surface area contributed by atoms with Crippen molar-refractivity contribution >= 4 is 29.2 Å². The van der Waals surface area contributed by atoms with E-state index in [0.29, 0.717) is 40.1 Å². The van der Waals surface area contributed by atoms with Crippen molar-refractivity contribution in [3.05, 3.63) is 46.5 Å². The number of hydrogen-bond donors (Lipinski definition) is 3. The summed E-state index contributed by atoms with van der Waals surface area (Å²) in [5.74, 6) is 0.0104. The van der Waals surface area contributed by atoms with Crippen LogP contribution < -0.4 is 24.8 Å². The fourth-order valence-electron chi connectivity index (χ4n) is 2.86. The summed E-state index contributed by atoms with van der Waals surface area (Å²) in [6, 6.07) is 7.86. The van der Waals surface area contributed by atoms with E-state index < -0.39 is 5.97 Å². The normalized spacial score (nSPS) is 10.9. The highest BCUT2D eigenvalue weighted by Crippen LogP contribution is 2.35. The molecule has 0 saturated carbocycles. The van der Waals surface area contributed by atoms with Crippen LogP contribution in [0.5, 0.6) is 17.2 Å². The third kappa shape index (κ3) is 7.23. The summed E-state index contributed by atoms with van der Waals surface area (Å²) in [5, 5.41) is 15.6. The lowest BCUT2D eigenvalue weighted by atomic mass is 10.1. The molecule has 0 bridgehead atoms. The maximum Gasteiger partial charge on any atom is 0.335 e. The molecule has 0 fully saturated rings. The summed E-state index contributed by atoms with van der Waals surface area (Å²) in [5.41, 5.74) is 0.978. The van der Waals surface area contributed by atoms with Gasteiger partial charge in [-0.2, -0.15) is 0 Å². The molecule has 174 valence electrons. The van der Waals surface area contributed by atoms with Crippen molar-refractivity contribution in [2.75, 3.05) is 25.6 Å². The van der Waals surface area contributed by atoms with Crippen LogP contribution in [0.2, 0.25) is 5.02 Å². The number of anilines is 1. The summed E-state index contributed by atoms with van der Waals surface area (Å²) in [7, 11) is 1.50. The molecule has 0 aliphatic carbocycles. The molecule has 0 heterocycles. The third-order valence-electron chi connectivity index (χ3n) is 4.20. The Morgan fingerprint density at radius 3 is 2.34 bits per heavy atom.